The van der Waals surface area contributed by atoms with Crippen molar-refractivity contribution in [2.45, 2.75) is 64.7 Å². The number of nitrogens with zero attached hydrogens (tertiary/aromatic N) is 1. The number of hydrogen-bond acceptors (Lipinski definition) is 3. The van der Waals surface area contributed by atoms with Gasteiger partial charge in [0, 0.05) is 19.5 Å². The van der Waals surface area contributed by atoms with Crippen LogP contribution in [-0.2, 0) is 20.7 Å². The van der Waals surface area contributed by atoms with Crippen molar-refractivity contribution in [3.63, 3.8) is 0 Å². The third kappa shape index (κ3) is 7.19. The number of carbonyl (C=O) groups excluding carboxylic acids is 2. The quantitative estimate of drug-likeness (QED) is 0.460. The van der Waals surface area contributed by atoms with Crippen molar-refractivity contribution in [2.24, 2.45) is 5.92 Å². The van der Waals surface area contributed by atoms with E-state index in [0.29, 0.717) is 26.1 Å². The van der Waals surface area contributed by atoms with Crippen LogP contribution >= 0.6 is 0 Å². The topological polar surface area (TPSA) is 46.6 Å². The van der Waals surface area contributed by atoms with Gasteiger partial charge >= 0.3 is 5.97 Å². The maximum Gasteiger partial charge on any atom is 0.309 e. The van der Waals surface area contributed by atoms with Crippen LogP contribution in [0.2, 0.25) is 0 Å². The molecule has 0 atom stereocenters. The van der Waals surface area contributed by atoms with Crippen molar-refractivity contribution >= 4 is 11.9 Å². The number of ether oxygens (including phenoxy) is 1. The van der Waals surface area contributed by atoms with Gasteiger partial charge in [-0.25, -0.2) is 0 Å². The normalized spacial score (nSPS) is 15.0. The van der Waals surface area contributed by atoms with E-state index >= 15 is 0 Å². The standard InChI is InChI=1S/C22H33NO3/c1-2-3-4-5-9-18-26-22(25)20-14-16-23(17-15-20)21(24)13-12-19-10-7-6-8-11-19/h6-8,10-11,20H,2-5,9,12-18H2,1H3. The van der Waals surface area contributed by atoms with Gasteiger partial charge in [-0.2, -0.15) is 0 Å². The molecule has 0 bridgehead atoms. The lowest BCUT2D eigenvalue weighted by atomic mass is 9.96. The second-order valence-corrected chi connectivity index (χ2v) is 7.22. The molecule has 4 heteroatoms. The number of likely N-dealkylation sites (tertiary alicyclic amines) is 1. The highest BCUT2D eigenvalue weighted by Crippen LogP contribution is 2.20. The van der Waals surface area contributed by atoms with E-state index < -0.39 is 0 Å². The molecule has 4 nitrogen and oxygen atoms in total. The fourth-order valence-corrected chi connectivity index (χ4v) is 3.41. The summed E-state index contributed by atoms with van der Waals surface area (Å²) in [5, 5.41) is 0. The largest absolute Gasteiger partial charge is 0.465 e. The van der Waals surface area contributed by atoms with Crippen LogP contribution in [0.5, 0.6) is 0 Å². The summed E-state index contributed by atoms with van der Waals surface area (Å²) in [5.41, 5.74) is 1.19. The fourth-order valence-electron chi connectivity index (χ4n) is 3.41. The number of unbranched alkanes of at least 4 members (excludes halogenated alkanes) is 4. The molecular formula is C22H33NO3. The maximum absolute atomic E-state index is 12.4. The van der Waals surface area contributed by atoms with Crippen LogP contribution < -0.4 is 0 Å². The van der Waals surface area contributed by atoms with Crippen molar-refractivity contribution in [3.05, 3.63) is 35.9 Å². The summed E-state index contributed by atoms with van der Waals surface area (Å²) >= 11 is 0. The van der Waals surface area contributed by atoms with E-state index in [-0.39, 0.29) is 17.8 Å². The highest BCUT2D eigenvalue weighted by molar-refractivity contribution is 5.77. The molecule has 144 valence electrons. The number of amides is 1. The molecule has 1 saturated heterocycles. The minimum absolute atomic E-state index is 0.0381. The minimum Gasteiger partial charge on any atom is -0.465 e. The Labute approximate surface area is 157 Å². The second kappa shape index (κ2) is 11.7. The number of piperidine rings is 1. The molecule has 1 aliphatic heterocycles. The Morgan fingerprint density at radius 3 is 2.42 bits per heavy atom. The molecule has 0 radical (unpaired) electrons. The van der Waals surface area contributed by atoms with Crippen LogP contribution in [0.4, 0.5) is 0 Å². The van der Waals surface area contributed by atoms with E-state index in [1.165, 1.54) is 24.8 Å². The van der Waals surface area contributed by atoms with Crippen molar-refractivity contribution < 1.29 is 14.3 Å². The first-order valence-electron chi connectivity index (χ1n) is 10.2. The predicted octanol–water partition coefficient (Wildman–Crippen LogP) is 4.37. The van der Waals surface area contributed by atoms with Gasteiger partial charge < -0.3 is 9.64 Å². The van der Waals surface area contributed by atoms with Gasteiger partial charge in [0.05, 0.1) is 12.5 Å². The molecule has 0 unspecified atom stereocenters. The lowest BCUT2D eigenvalue weighted by molar-refractivity contribution is -0.151. The Balaban J connectivity index is 1.60. The Morgan fingerprint density at radius 1 is 1.04 bits per heavy atom. The van der Waals surface area contributed by atoms with Crippen molar-refractivity contribution in [1.29, 1.82) is 0 Å². The molecule has 0 aliphatic carbocycles. The average Bonchev–Trinajstić information content (AvgIpc) is 2.69. The Morgan fingerprint density at radius 2 is 1.73 bits per heavy atom. The first-order chi connectivity index (χ1) is 12.7. The molecule has 0 aromatic heterocycles. The molecular weight excluding hydrogens is 326 g/mol. The smallest absolute Gasteiger partial charge is 0.309 e. The maximum atomic E-state index is 12.4. The van der Waals surface area contributed by atoms with Gasteiger partial charge in [0.25, 0.3) is 0 Å². The fraction of sp³-hybridized carbons (Fsp3) is 0.636. The van der Waals surface area contributed by atoms with E-state index in [1.54, 1.807) is 0 Å². The van der Waals surface area contributed by atoms with E-state index in [1.807, 2.05) is 23.1 Å². The minimum atomic E-state index is -0.0723. The summed E-state index contributed by atoms with van der Waals surface area (Å²) in [4.78, 5) is 26.4. The lowest BCUT2D eigenvalue weighted by Crippen LogP contribution is -2.40. The summed E-state index contributed by atoms with van der Waals surface area (Å²) in [5.74, 6) is 0.0808. The number of esters is 1. The van der Waals surface area contributed by atoms with Gasteiger partial charge in [-0.05, 0) is 31.2 Å². The van der Waals surface area contributed by atoms with Gasteiger partial charge in [0.2, 0.25) is 5.91 Å². The molecule has 0 N–H and O–H groups in total. The van der Waals surface area contributed by atoms with Gasteiger partial charge in [0.1, 0.15) is 0 Å². The molecule has 0 spiro atoms. The van der Waals surface area contributed by atoms with Crippen LogP contribution in [-0.4, -0.2) is 36.5 Å². The van der Waals surface area contributed by atoms with E-state index in [0.717, 1.165) is 32.1 Å². The van der Waals surface area contributed by atoms with Crippen LogP contribution in [0, 0.1) is 5.92 Å². The number of carbonyl (C=O) groups is 2. The summed E-state index contributed by atoms with van der Waals surface area (Å²) in [7, 11) is 0. The summed E-state index contributed by atoms with van der Waals surface area (Å²) in [6.45, 7) is 4.07. The van der Waals surface area contributed by atoms with Crippen molar-refractivity contribution in [3.8, 4) is 0 Å². The molecule has 1 amide bonds. The third-order valence-electron chi connectivity index (χ3n) is 5.14. The number of benzene rings is 1. The number of aryl methyl sites for hydroxylation is 1. The zero-order chi connectivity index (χ0) is 18.6. The Kier molecular flexibility index (Phi) is 9.22. The van der Waals surface area contributed by atoms with Crippen LogP contribution in [0.15, 0.2) is 30.3 Å². The van der Waals surface area contributed by atoms with Crippen LogP contribution in [0.25, 0.3) is 0 Å². The summed E-state index contributed by atoms with van der Waals surface area (Å²) in [6.07, 6.45) is 8.57. The lowest BCUT2D eigenvalue weighted by Gasteiger charge is -2.31. The predicted molar refractivity (Wildman–Crippen MR) is 104 cm³/mol. The first kappa shape index (κ1) is 20.5. The zero-order valence-electron chi connectivity index (χ0n) is 16.1. The molecule has 0 saturated carbocycles. The molecule has 1 aromatic carbocycles. The number of hydrogen-bond donors (Lipinski definition) is 0. The van der Waals surface area contributed by atoms with Gasteiger partial charge in [-0.3, -0.25) is 9.59 Å². The molecule has 1 aromatic rings. The Bertz CT molecular complexity index is 536. The highest BCUT2D eigenvalue weighted by atomic mass is 16.5. The first-order valence-corrected chi connectivity index (χ1v) is 10.2. The van der Waals surface area contributed by atoms with Gasteiger partial charge in [-0.1, -0.05) is 62.9 Å². The van der Waals surface area contributed by atoms with E-state index in [4.69, 9.17) is 4.74 Å². The van der Waals surface area contributed by atoms with Crippen molar-refractivity contribution in [2.75, 3.05) is 19.7 Å². The summed E-state index contributed by atoms with van der Waals surface area (Å²) < 4.78 is 5.42. The monoisotopic (exact) mass is 359 g/mol. The molecule has 1 heterocycles. The molecule has 2 rings (SSSR count). The Hall–Kier alpha value is -1.84. The zero-order valence-corrected chi connectivity index (χ0v) is 16.1. The van der Waals surface area contributed by atoms with E-state index in [2.05, 4.69) is 19.1 Å². The van der Waals surface area contributed by atoms with E-state index in [9.17, 15) is 9.59 Å². The molecule has 26 heavy (non-hydrogen) atoms. The van der Waals surface area contributed by atoms with Gasteiger partial charge in [0.15, 0.2) is 0 Å². The summed E-state index contributed by atoms with van der Waals surface area (Å²) in [6, 6.07) is 10.1. The molecule has 1 fully saturated rings. The number of rotatable bonds is 10. The SMILES string of the molecule is CCCCCCCOC(=O)C1CCN(C(=O)CCc2ccccc2)CC1. The van der Waals surface area contributed by atoms with Gasteiger partial charge in [-0.15, -0.1) is 0 Å². The second-order valence-electron chi connectivity index (χ2n) is 7.22. The highest BCUT2D eigenvalue weighted by Gasteiger charge is 2.28. The average molecular weight is 360 g/mol. The van der Waals surface area contributed by atoms with Crippen LogP contribution in [0.3, 0.4) is 0 Å². The molecule has 1 aliphatic rings. The van der Waals surface area contributed by atoms with Crippen LogP contribution in [0.1, 0.15) is 63.9 Å². The van der Waals surface area contributed by atoms with Crippen molar-refractivity contribution in [1.82, 2.24) is 4.90 Å². The third-order valence-corrected chi connectivity index (χ3v) is 5.14.